The van der Waals surface area contributed by atoms with Crippen LogP contribution in [0, 0.1) is 6.92 Å². The van der Waals surface area contributed by atoms with Gasteiger partial charge in [-0.2, -0.15) is 11.3 Å². The van der Waals surface area contributed by atoms with Gasteiger partial charge in [0.1, 0.15) is 10.8 Å². The van der Waals surface area contributed by atoms with E-state index in [9.17, 15) is 0 Å². The maximum absolute atomic E-state index is 5.58. The normalized spacial score (nSPS) is 10.2. The van der Waals surface area contributed by atoms with Gasteiger partial charge in [0.25, 0.3) is 0 Å². The molecule has 0 aliphatic rings. The molecule has 0 saturated heterocycles. The predicted molar refractivity (Wildman–Crippen MR) is 76.5 cm³/mol. The average Bonchev–Trinajstić information content (AvgIpc) is 2.72. The minimum Gasteiger partial charge on any atom is -0.389 e. The van der Waals surface area contributed by atoms with Gasteiger partial charge in [-0.25, -0.2) is 4.98 Å². The molecular formula is C12H13N3S2. The zero-order valence-corrected chi connectivity index (χ0v) is 11.1. The van der Waals surface area contributed by atoms with Crippen LogP contribution in [0.4, 0.5) is 5.82 Å². The number of thiocarbonyl (C=S) groups is 1. The standard InChI is InChI=1S/C12H13N3S2/c1-8-6-17-7-10(8)5-15-11-4-9(12(13)16)2-3-14-11/h2-4,6-7H,5H2,1H3,(H2,13,16)(H,14,15). The molecule has 0 atom stereocenters. The quantitative estimate of drug-likeness (QED) is 0.833. The van der Waals surface area contributed by atoms with Crippen LogP contribution in [0.2, 0.25) is 0 Å². The van der Waals surface area contributed by atoms with E-state index in [1.807, 2.05) is 12.1 Å². The van der Waals surface area contributed by atoms with Crippen molar-refractivity contribution < 1.29 is 0 Å². The van der Waals surface area contributed by atoms with Crippen molar-refractivity contribution in [2.24, 2.45) is 5.73 Å². The summed E-state index contributed by atoms with van der Waals surface area (Å²) in [5.41, 5.74) is 9.00. The van der Waals surface area contributed by atoms with Crippen molar-refractivity contribution in [2.75, 3.05) is 5.32 Å². The number of nitrogens with zero attached hydrogens (tertiary/aromatic N) is 1. The van der Waals surface area contributed by atoms with Gasteiger partial charge < -0.3 is 11.1 Å². The van der Waals surface area contributed by atoms with Gasteiger partial charge in [0.05, 0.1) is 0 Å². The van der Waals surface area contributed by atoms with Crippen LogP contribution in [0.25, 0.3) is 0 Å². The first kappa shape index (κ1) is 12.0. The fourth-order valence-corrected chi connectivity index (χ4v) is 2.42. The molecule has 0 amide bonds. The molecule has 0 aromatic carbocycles. The summed E-state index contributed by atoms with van der Waals surface area (Å²) >= 11 is 6.64. The highest BCUT2D eigenvalue weighted by Crippen LogP contribution is 2.15. The van der Waals surface area contributed by atoms with Gasteiger partial charge in [-0.3, -0.25) is 0 Å². The van der Waals surface area contributed by atoms with Crippen molar-refractivity contribution in [3.8, 4) is 0 Å². The van der Waals surface area contributed by atoms with Gasteiger partial charge >= 0.3 is 0 Å². The second-order valence-electron chi connectivity index (χ2n) is 3.73. The molecule has 2 heterocycles. The minimum atomic E-state index is 0.391. The van der Waals surface area contributed by atoms with E-state index in [0.29, 0.717) is 4.99 Å². The Labute approximate surface area is 110 Å². The van der Waals surface area contributed by atoms with Gasteiger partial charge in [0.2, 0.25) is 0 Å². The van der Waals surface area contributed by atoms with Gasteiger partial charge in [-0.05, 0) is 40.9 Å². The molecule has 0 unspecified atom stereocenters. The molecule has 5 heteroatoms. The molecule has 2 aromatic heterocycles. The molecule has 2 aromatic rings. The average molecular weight is 263 g/mol. The lowest BCUT2D eigenvalue weighted by molar-refractivity contribution is 1.10. The maximum atomic E-state index is 5.58. The molecule has 88 valence electrons. The number of hydrogen-bond acceptors (Lipinski definition) is 4. The van der Waals surface area contributed by atoms with Crippen molar-refractivity contribution in [2.45, 2.75) is 13.5 Å². The zero-order valence-electron chi connectivity index (χ0n) is 9.43. The molecular weight excluding hydrogens is 250 g/mol. The zero-order chi connectivity index (χ0) is 12.3. The minimum absolute atomic E-state index is 0.391. The van der Waals surface area contributed by atoms with Crippen LogP contribution in [0.1, 0.15) is 16.7 Å². The van der Waals surface area contributed by atoms with E-state index in [2.05, 4.69) is 28.0 Å². The Balaban J connectivity index is 2.07. The van der Waals surface area contributed by atoms with E-state index >= 15 is 0 Å². The molecule has 0 bridgehead atoms. The van der Waals surface area contributed by atoms with Crippen LogP contribution >= 0.6 is 23.6 Å². The SMILES string of the molecule is Cc1cscc1CNc1cc(C(N)=S)ccn1. The van der Waals surface area contributed by atoms with Crippen molar-refractivity contribution in [3.63, 3.8) is 0 Å². The number of aryl methyl sites for hydroxylation is 1. The van der Waals surface area contributed by atoms with Crippen molar-refractivity contribution in [3.05, 3.63) is 45.8 Å². The van der Waals surface area contributed by atoms with Gasteiger partial charge in [-0.15, -0.1) is 0 Å². The molecule has 3 nitrogen and oxygen atoms in total. The number of rotatable bonds is 4. The Morgan fingerprint density at radius 1 is 1.53 bits per heavy atom. The highest BCUT2D eigenvalue weighted by molar-refractivity contribution is 7.80. The van der Waals surface area contributed by atoms with Crippen LogP contribution in [0.5, 0.6) is 0 Å². The third-order valence-corrected chi connectivity index (χ3v) is 3.61. The number of pyridine rings is 1. The lowest BCUT2D eigenvalue weighted by Crippen LogP contribution is -2.10. The Morgan fingerprint density at radius 3 is 3.00 bits per heavy atom. The van der Waals surface area contributed by atoms with E-state index < -0.39 is 0 Å². The van der Waals surface area contributed by atoms with Crippen LogP contribution in [-0.4, -0.2) is 9.97 Å². The summed E-state index contributed by atoms with van der Waals surface area (Å²) in [6.07, 6.45) is 1.71. The molecule has 2 rings (SSSR count). The number of nitrogens with two attached hydrogens (primary N) is 1. The number of nitrogens with one attached hydrogen (secondary N) is 1. The first-order valence-corrected chi connectivity index (χ1v) is 6.53. The molecule has 0 spiro atoms. The van der Waals surface area contributed by atoms with E-state index in [-0.39, 0.29) is 0 Å². The summed E-state index contributed by atoms with van der Waals surface area (Å²) < 4.78 is 0. The maximum Gasteiger partial charge on any atom is 0.126 e. The molecule has 3 N–H and O–H groups in total. The van der Waals surface area contributed by atoms with Gasteiger partial charge in [-0.1, -0.05) is 12.2 Å². The molecule has 17 heavy (non-hydrogen) atoms. The molecule has 0 fully saturated rings. The highest BCUT2D eigenvalue weighted by Gasteiger charge is 2.01. The summed E-state index contributed by atoms with van der Waals surface area (Å²) in [7, 11) is 0. The first-order chi connectivity index (χ1) is 8.16. The number of anilines is 1. The van der Waals surface area contributed by atoms with Crippen LogP contribution < -0.4 is 11.1 Å². The second kappa shape index (κ2) is 5.25. The Hall–Kier alpha value is -1.46. The van der Waals surface area contributed by atoms with E-state index in [4.69, 9.17) is 18.0 Å². The summed E-state index contributed by atoms with van der Waals surface area (Å²) in [4.78, 5) is 4.62. The fourth-order valence-electron chi connectivity index (χ4n) is 1.43. The van der Waals surface area contributed by atoms with E-state index in [0.717, 1.165) is 17.9 Å². The van der Waals surface area contributed by atoms with Crippen LogP contribution in [0.3, 0.4) is 0 Å². The van der Waals surface area contributed by atoms with E-state index in [1.165, 1.54) is 11.1 Å². The Morgan fingerprint density at radius 2 is 2.35 bits per heavy atom. The molecule has 0 radical (unpaired) electrons. The second-order valence-corrected chi connectivity index (χ2v) is 4.91. The number of hydrogen-bond donors (Lipinski definition) is 2. The number of thiophene rings is 1. The smallest absolute Gasteiger partial charge is 0.126 e. The summed E-state index contributed by atoms with van der Waals surface area (Å²) in [6, 6.07) is 3.67. The van der Waals surface area contributed by atoms with Crippen LogP contribution in [0.15, 0.2) is 29.1 Å². The summed E-state index contributed by atoms with van der Waals surface area (Å²) in [6.45, 7) is 2.87. The summed E-state index contributed by atoms with van der Waals surface area (Å²) in [5.74, 6) is 0.793. The van der Waals surface area contributed by atoms with Gasteiger partial charge in [0, 0.05) is 18.3 Å². The monoisotopic (exact) mass is 263 g/mol. The first-order valence-electron chi connectivity index (χ1n) is 5.18. The molecule has 0 aliphatic carbocycles. The Bertz CT molecular complexity index is 534. The molecule has 0 saturated carbocycles. The third kappa shape index (κ3) is 3.01. The predicted octanol–water partition coefficient (Wildman–Crippen LogP) is 2.70. The van der Waals surface area contributed by atoms with E-state index in [1.54, 1.807) is 17.5 Å². The van der Waals surface area contributed by atoms with Crippen molar-refractivity contribution in [1.82, 2.24) is 4.98 Å². The highest BCUT2D eigenvalue weighted by atomic mass is 32.1. The van der Waals surface area contributed by atoms with Gasteiger partial charge in [0.15, 0.2) is 0 Å². The van der Waals surface area contributed by atoms with Crippen LogP contribution in [-0.2, 0) is 6.54 Å². The topological polar surface area (TPSA) is 50.9 Å². The largest absolute Gasteiger partial charge is 0.389 e. The number of aromatic nitrogens is 1. The lowest BCUT2D eigenvalue weighted by atomic mass is 10.2. The third-order valence-electron chi connectivity index (χ3n) is 2.47. The fraction of sp³-hybridized carbons (Fsp3) is 0.167. The molecule has 0 aliphatic heterocycles. The van der Waals surface area contributed by atoms with Crippen molar-refractivity contribution in [1.29, 1.82) is 0 Å². The lowest BCUT2D eigenvalue weighted by Gasteiger charge is -2.06. The van der Waals surface area contributed by atoms with Crippen molar-refractivity contribution >= 4 is 34.4 Å². The Kier molecular flexibility index (Phi) is 3.71. The summed E-state index contributed by atoms with van der Waals surface area (Å²) in [5, 5.41) is 7.54.